The summed E-state index contributed by atoms with van der Waals surface area (Å²) >= 11 is 0. The predicted octanol–water partition coefficient (Wildman–Crippen LogP) is 2.93. The van der Waals surface area contributed by atoms with Crippen molar-refractivity contribution in [3.05, 3.63) is 0 Å². The molecule has 0 aliphatic heterocycles. The van der Waals surface area contributed by atoms with Gasteiger partial charge in [0.1, 0.15) is 5.78 Å². The van der Waals surface area contributed by atoms with Gasteiger partial charge in [0.25, 0.3) is 0 Å². The third kappa shape index (κ3) is 1.84. The van der Waals surface area contributed by atoms with E-state index in [1.165, 1.54) is 6.42 Å². The first-order valence-corrected chi connectivity index (χ1v) is 9.25. The predicted molar refractivity (Wildman–Crippen MR) is 84.1 cm³/mol. The minimum absolute atomic E-state index is 0.145. The largest absolute Gasteiger partial charge is 0.393 e. The van der Waals surface area contributed by atoms with Crippen molar-refractivity contribution < 1.29 is 15.0 Å². The van der Waals surface area contributed by atoms with E-state index >= 15 is 0 Å². The van der Waals surface area contributed by atoms with Gasteiger partial charge in [-0.25, -0.2) is 0 Å². The maximum atomic E-state index is 12.4. The Morgan fingerprint density at radius 1 is 1.09 bits per heavy atom. The molecular formula is C19H30O3. The molecular weight excluding hydrogens is 276 g/mol. The molecule has 4 rings (SSSR count). The van der Waals surface area contributed by atoms with E-state index in [1.54, 1.807) is 0 Å². The quantitative estimate of drug-likeness (QED) is 0.723. The van der Waals surface area contributed by atoms with Gasteiger partial charge in [0.15, 0.2) is 0 Å². The summed E-state index contributed by atoms with van der Waals surface area (Å²) in [7, 11) is 0. The minimum atomic E-state index is -0.337. The van der Waals surface area contributed by atoms with Crippen LogP contribution in [-0.4, -0.2) is 28.2 Å². The van der Waals surface area contributed by atoms with Gasteiger partial charge in [-0.05, 0) is 74.0 Å². The second kappa shape index (κ2) is 4.80. The molecule has 0 aromatic heterocycles. The van der Waals surface area contributed by atoms with Gasteiger partial charge in [-0.2, -0.15) is 0 Å². The van der Waals surface area contributed by atoms with Crippen LogP contribution in [0.4, 0.5) is 0 Å². The van der Waals surface area contributed by atoms with E-state index in [4.69, 9.17) is 0 Å². The van der Waals surface area contributed by atoms with E-state index in [0.717, 1.165) is 38.5 Å². The number of Topliss-reactive ketones (excluding diaryl/α,β-unsaturated/α-hetero) is 1. The number of hydrogen-bond donors (Lipinski definition) is 2. The average molecular weight is 306 g/mol. The van der Waals surface area contributed by atoms with Crippen molar-refractivity contribution in [1.82, 2.24) is 0 Å². The van der Waals surface area contributed by atoms with Crippen LogP contribution in [0.2, 0.25) is 0 Å². The number of rotatable bonds is 0. The first kappa shape index (κ1) is 15.1. The molecule has 3 heteroatoms. The summed E-state index contributed by atoms with van der Waals surface area (Å²) in [5, 5.41) is 21.0. The lowest BCUT2D eigenvalue weighted by molar-refractivity contribution is -0.175. The van der Waals surface area contributed by atoms with Crippen LogP contribution < -0.4 is 0 Å². The molecule has 0 aromatic rings. The van der Waals surface area contributed by atoms with Crippen LogP contribution in [0.5, 0.6) is 0 Å². The van der Waals surface area contributed by atoms with E-state index in [2.05, 4.69) is 13.8 Å². The molecule has 0 saturated heterocycles. The number of ketones is 1. The van der Waals surface area contributed by atoms with Crippen LogP contribution >= 0.6 is 0 Å². The molecule has 8 atom stereocenters. The van der Waals surface area contributed by atoms with Gasteiger partial charge < -0.3 is 10.2 Å². The molecule has 4 aliphatic carbocycles. The maximum absolute atomic E-state index is 12.4. The summed E-state index contributed by atoms with van der Waals surface area (Å²) in [6, 6.07) is 0. The average Bonchev–Trinajstić information content (AvgIpc) is 2.75. The Bertz CT molecular complexity index is 489. The van der Waals surface area contributed by atoms with Gasteiger partial charge in [0.05, 0.1) is 12.2 Å². The topological polar surface area (TPSA) is 57.5 Å². The fraction of sp³-hybridized carbons (Fsp3) is 0.947. The zero-order chi connectivity index (χ0) is 15.7. The van der Waals surface area contributed by atoms with Crippen molar-refractivity contribution >= 4 is 5.78 Å². The molecule has 3 nitrogen and oxygen atoms in total. The zero-order valence-electron chi connectivity index (χ0n) is 13.9. The molecule has 2 N–H and O–H groups in total. The first-order valence-electron chi connectivity index (χ1n) is 9.25. The third-order valence-electron chi connectivity index (χ3n) is 8.28. The van der Waals surface area contributed by atoms with Crippen LogP contribution in [0.15, 0.2) is 0 Å². The van der Waals surface area contributed by atoms with E-state index in [9.17, 15) is 15.0 Å². The standard InChI is InChI=1S/C19H30O3/c1-18-8-7-12(20)9-11(18)3-4-13-14-5-6-16(22)19(14,2)10-15(21)17(13)18/h11-15,17,20-21H,3-10H2,1-2H3/t11-,12+,13-,14-,15?,17?,18-,19-/m0/s1. The lowest BCUT2D eigenvalue weighted by Gasteiger charge is -2.61. The highest BCUT2D eigenvalue weighted by Gasteiger charge is 2.63. The monoisotopic (exact) mass is 306 g/mol. The van der Waals surface area contributed by atoms with Gasteiger partial charge in [-0.1, -0.05) is 13.8 Å². The minimum Gasteiger partial charge on any atom is -0.393 e. The maximum Gasteiger partial charge on any atom is 0.139 e. The van der Waals surface area contributed by atoms with E-state index in [0.29, 0.717) is 35.9 Å². The van der Waals surface area contributed by atoms with Gasteiger partial charge >= 0.3 is 0 Å². The van der Waals surface area contributed by atoms with Crippen molar-refractivity contribution in [1.29, 1.82) is 0 Å². The van der Waals surface area contributed by atoms with Crippen molar-refractivity contribution in [2.75, 3.05) is 0 Å². The Morgan fingerprint density at radius 3 is 2.64 bits per heavy atom. The van der Waals surface area contributed by atoms with Gasteiger partial charge in [-0.3, -0.25) is 4.79 Å². The number of carbonyl (C=O) groups is 1. The van der Waals surface area contributed by atoms with Crippen LogP contribution in [-0.2, 0) is 4.79 Å². The molecule has 4 aliphatic rings. The summed E-state index contributed by atoms with van der Waals surface area (Å²) in [5.41, 5.74) is -0.105. The molecule has 2 unspecified atom stereocenters. The molecule has 0 spiro atoms. The van der Waals surface area contributed by atoms with Gasteiger partial charge in [0, 0.05) is 11.8 Å². The van der Waals surface area contributed by atoms with Gasteiger partial charge in [0.2, 0.25) is 0 Å². The number of aliphatic hydroxyl groups excluding tert-OH is 2. The summed E-state index contributed by atoms with van der Waals surface area (Å²) < 4.78 is 0. The normalized spacial score (nSPS) is 57.9. The summed E-state index contributed by atoms with van der Waals surface area (Å²) in [6.07, 6.45) is 7.08. The Morgan fingerprint density at radius 2 is 1.86 bits per heavy atom. The summed E-state index contributed by atoms with van der Waals surface area (Å²) in [6.45, 7) is 4.48. The first-order chi connectivity index (χ1) is 10.4. The fourth-order valence-electron chi connectivity index (χ4n) is 7.13. The molecule has 0 radical (unpaired) electrons. The van der Waals surface area contributed by atoms with Crippen molar-refractivity contribution in [2.45, 2.75) is 77.4 Å². The smallest absolute Gasteiger partial charge is 0.139 e. The molecule has 0 heterocycles. The molecule has 0 amide bonds. The number of aliphatic hydroxyl groups is 2. The number of carbonyl (C=O) groups excluding carboxylic acids is 1. The fourth-order valence-corrected chi connectivity index (χ4v) is 7.13. The Balaban J connectivity index is 1.69. The highest BCUT2D eigenvalue weighted by atomic mass is 16.3. The van der Waals surface area contributed by atoms with E-state index < -0.39 is 0 Å². The SMILES string of the molecule is C[C@]12CC(O)C3[C@@H](CC[C@H]4C[C@H](O)CC[C@]34C)[C@@H]1CCC2=O. The lowest BCUT2D eigenvalue weighted by atomic mass is 9.44. The Kier molecular flexibility index (Phi) is 3.30. The highest BCUT2D eigenvalue weighted by Crippen LogP contribution is 2.65. The van der Waals surface area contributed by atoms with Crippen molar-refractivity contribution in [3.8, 4) is 0 Å². The molecule has 124 valence electrons. The van der Waals surface area contributed by atoms with Crippen LogP contribution in [0.25, 0.3) is 0 Å². The van der Waals surface area contributed by atoms with Crippen LogP contribution in [0, 0.1) is 34.5 Å². The van der Waals surface area contributed by atoms with Gasteiger partial charge in [-0.15, -0.1) is 0 Å². The number of hydrogen-bond acceptors (Lipinski definition) is 3. The lowest BCUT2D eigenvalue weighted by Crippen LogP contribution is -2.59. The third-order valence-corrected chi connectivity index (χ3v) is 8.28. The number of fused-ring (bicyclic) bond motifs is 5. The molecule has 4 saturated carbocycles. The highest BCUT2D eigenvalue weighted by molar-refractivity contribution is 5.87. The second-order valence-corrected chi connectivity index (χ2v) is 9.16. The zero-order valence-corrected chi connectivity index (χ0v) is 13.9. The van der Waals surface area contributed by atoms with Crippen molar-refractivity contribution in [3.63, 3.8) is 0 Å². The summed E-state index contributed by atoms with van der Waals surface area (Å²) in [4.78, 5) is 12.4. The molecule has 0 bridgehead atoms. The van der Waals surface area contributed by atoms with Crippen molar-refractivity contribution in [2.24, 2.45) is 34.5 Å². The Hall–Kier alpha value is -0.410. The van der Waals surface area contributed by atoms with E-state index in [1.807, 2.05) is 0 Å². The molecule has 0 aromatic carbocycles. The molecule has 4 fully saturated rings. The van der Waals surface area contributed by atoms with Crippen LogP contribution in [0.3, 0.4) is 0 Å². The van der Waals surface area contributed by atoms with E-state index in [-0.39, 0.29) is 23.0 Å². The Labute approximate surface area is 133 Å². The second-order valence-electron chi connectivity index (χ2n) is 9.16. The van der Waals surface area contributed by atoms with Crippen LogP contribution in [0.1, 0.15) is 65.2 Å². The molecule has 22 heavy (non-hydrogen) atoms. The summed E-state index contributed by atoms with van der Waals surface area (Å²) in [5.74, 6) is 2.27.